The van der Waals surface area contributed by atoms with Crippen molar-refractivity contribution in [3.63, 3.8) is 0 Å². The summed E-state index contributed by atoms with van der Waals surface area (Å²) in [5.74, 6) is 0.677. The van der Waals surface area contributed by atoms with Crippen LogP contribution in [0.25, 0.3) is 0 Å². The van der Waals surface area contributed by atoms with Gasteiger partial charge >= 0.3 is 0 Å². The highest BCUT2D eigenvalue weighted by Gasteiger charge is 2.21. The van der Waals surface area contributed by atoms with Gasteiger partial charge in [0.05, 0.1) is 12.0 Å². The van der Waals surface area contributed by atoms with E-state index in [0.29, 0.717) is 42.4 Å². The van der Waals surface area contributed by atoms with Gasteiger partial charge in [-0.1, -0.05) is 6.92 Å². The summed E-state index contributed by atoms with van der Waals surface area (Å²) in [6, 6.07) is 6.39. The number of hydrogen-bond donors (Lipinski definition) is 1. The Balaban J connectivity index is 1.97. The van der Waals surface area contributed by atoms with Gasteiger partial charge in [0, 0.05) is 18.1 Å². The van der Waals surface area contributed by atoms with Gasteiger partial charge in [0.1, 0.15) is 13.2 Å². The molecule has 0 radical (unpaired) electrons. The molecule has 0 unspecified atom stereocenters. The van der Waals surface area contributed by atoms with Crippen molar-refractivity contribution in [1.82, 2.24) is 0 Å². The number of Topliss-reactive ketones (excluding diaryl/α,β-unsaturated/α-hetero) is 1. The predicted octanol–water partition coefficient (Wildman–Crippen LogP) is 2.90. The molecule has 1 aliphatic rings. The third-order valence-electron chi connectivity index (χ3n) is 3.30. The number of anilines is 1. The fourth-order valence-electron chi connectivity index (χ4n) is 2.21. The Bertz CT molecular complexity index is 706. The highest BCUT2D eigenvalue weighted by Crippen LogP contribution is 2.36. The number of benzene rings is 1. The van der Waals surface area contributed by atoms with Crippen LogP contribution in [-0.4, -0.2) is 24.9 Å². The summed E-state index contributed by atoms with van der Waals surface area (Å²) in [7, 11) is 0. The van der Waals surface area contributed by atoms with Crippen LogP contribution >= 0.6 is 0 Å². The summed E-state index contributed by atoms with van der Waals surface area (Å²) >= 11 is 0. The van der Waals surface area contributed by atoms with E-state index in [1.165, 1.54) is 6.26 Å². The van der Waals surface area contributed by atoms with Gasteiger partial charge in [0.15, 0.2) is 23.0 Å². The van der Waals surface area contributed by atoms with E-state index >= 15 is 0 Å². The number of fused-ring (bicyclic) bond motifs is 1. The van der Waals surface area contributed by atoms with Gasteiger partial charge in [-0.05, 0) is 18.2 Å². The van der Waals surface area contributed by atoms with Crippen LogP contribution in [-0.2, 0) is 0 Å². The molecule has 1 aliphatic heterocycles. The van der Waals surface area contributed by atoms with Gasteiger partial charge in [-0.2, -0.15) is 0 Å². The van der Waals surface area contributed by atoms with Crippen LogP contribution < -0.4 is 14.8 Å². The average Bonchev–Trinajstić information content (AvgIpc) is 3.08. The fourth-order valence-corrected chi connectivity index (χ4v) is 2.21. The van der Waals surface area contributed by atoms with E-state index in [1.807, 2.05) is 0 Å². The summed E-state index contributed by atoms with van der Waals surface area (Å²) in [6.07, 6.45) is 1.74. The Hall–Kier alpha value is -2.76. The molecule has 1 amide bonds. The Morgan fingerprint density at radius 3 is 2.55 bits per heavy atom. The van der Waals surface area contributed by atoms with E-state index in [-0.39, 0.29) is 11.5 Å². The van der Waals surface area contributed by atoms with Crippen LogP contribution in [0.3, 0.4) is 0 Å². The molecule has 6 heteroatoms. The number of amides is 1. The fraction of sp³-hybridized carbons (Fsp3) is 0.250. The lowest BCUT2D eigenvalue weighted by Gasteiger charge is -2.21. The lowest BCUT2D eigenvalue weighted by molar-refractivity contribution is 0.0987. The van der Waals surface area contributed by atoms with Crippen LogP contribution in [0, 0.1) is 0 Å². The minimum Gasteiger partial charge on any atom is -0.486 e. The highest BCUT2D eigenvalue weighted by atomic mass is 16.6. The third kappa shape index (κ3) is 2.67. The maximum atomic E-state index is 12.1. The zero-order valence-corrected chi connectivity index (χ0v) is 12.0. The topological polar surface area (TPSA) is 77.8 Å². The molecule has 0 bridgehead atoms. The molecule has 0 spiro atoms. The predicted molar refractivity (Wildman–Crippen MR) is 78.7 cm³/mol. The van der Waals surface area contributed by atoms with E-state index in [9.17, 15) is 9.59 Å². The molecule has 114 valence electrons. The van der Waals surface area contributed by atoms with Crippen molar-refractivity contribution in [2.24, 2.45) is 0 Å². The van der Waals surface area contributed by atoms with Gasteiger partial charge < -0.3 is 19.2 Å². The first-order valence-electron chi connectivity index (χ1n) is 7.00. The minimum absolute atomic E-state index is 0.0910. The summed E-state index contributed by atoms with van der Waals surface area (Å²) in [5.41, 5.74) is 0.782. The molecule has 6 nitrogen and oxygen atoms in total. The molecule has 2 aromatic rings. The van der Waals surface area contributed by atoms with Crippen molar-refractivity contribution >= 4 is 17.4 Å². The molecular formula is C16H15NO5. The van der Waals surface area contributed by atoms with E-state index in [0.717, 1.165) is 0 Å². The van der Waals surface area contributed by atoms with Crippen LogP contribution in [0.15, 0.2) is 34.9 Å². The maximum Gasteiger partial charge on any atom is 0.291 e. The van der Waals surface area contributed by atoms with Crippen molar-refractivity contribution < 1.29 is 23.5 Å². The zero-order valence-electron chi connectivity index (χ0n) is 12.0. The van der Waals surface area contributed by atoms with Crippen LogP contribution in [0.4, 0.5) is 5.69 Å². The number of ketones is 1. The van der Waals surface area contributed by atoms with Crippen molar-refractivity contribution in [2.75, 3.05) is 18.5 Å². The van der Waals surface area contributed by atoms with Crippen molar-refractivity contribution in [3.05, 3.63) is 41.9 Å². The number of ether oxygens (including phenoxy) is 2. The number of furan rings is 1. The van der Waals surface area contributed by atoms with Crippen molar-refractivity contribution in [2.45, 2.75) is 13.3 Å². The Labute approximate surface area is 127 Å². The Morgan fingerprint density at radius 1 is 1.18 bits per heavy atom. The van der Waals surface area contributed by atoms with E-state index in [1.54, 1.807) is 31.2 Å². The number of nitrogens with one attached hydrogen (secondary N) is 1. The van der Waals surface area contributed by atoms with Gasteiger partial charge in [0.2, 0.25) is 0 Å². The van der Waals surface area contributed by atoms with Crippen molar-refractivity contribution in [1.29, 1.82) is 0 Å². The maximum absolute atomic E-state index is 12.1. The molecule has 1 aromatic carbocycles. The van der Waals surface area contributed by atoms with Gasteiger partial charge in [-0.3, -0.25) is 9.59 Å². The lowest BCUT2D eigenvalue weighted by atomic mass is 10.0. The van der Waals surface area contributed by atoms with Crippen LogP contribution in [0.2, 0.25) is 0 Å². The molecule has 22 heavy (non-hydrogen) atoms. The first kappa shape index (κ1) is 14.2. The molecule has 0 saturated carbocycles. The molecule has 0 aliphatic carbocycles. The van der Waals surface area contributed by atoms with Gasteiger partial charge in [-0.25, -0.2) is 0 Å². The van der Waals surface area contributed by atoms with E-state index < -0.39 is 5.91 Å². The third-order valence-corrected chi connectivity index (χ3v) is 3.30. The summed E-state index contributed by atoms with van der Waals surface area (Å²) < 4.78 is 16.0. The molecule has 0 saturated heterocycles. The highest BCUT2D eigenvalue weighted by molar-refractivity contribution is 6.09. The zero-order chi connectivity index (χ0) is 15.5. The lowest BCUT2D eigenvalue weighted by Crippen LogP contribution is -2.18. The van der Waals surface area contributed by atoms with Gasteiger partial charge in [-0.15, -0.1) is 0 Å². The molecule has 1 N–H and O–H groups in total. The SMILES string of the molecule is CCC(=O)c1cc2c(cc1NC(=O)c1ccco1)OCCO2. The Morgan fingerprint density at radius 2 is 1.91 bits per heavy atom. The number of carbonyl (C=O) groups excluding carboxylic acids is 2. The first-order valence-corrected chi connectivity index (χ1v) is 7.00. The van der Waals surface area contributed by atoms with Crippen molar-refractivity contribution in [3.8, 4) is 11.5 Å². The quantitative estimate of drug-likeness (QED) is 0.879. The smallest absolute Gasteiger partial charge is 0.291 e. The molecule has 2 heterocycles. The number of rotatable bonds is 4. The molecular weight excluding hydrogens is 286 g/mol. The van der Waals surface area contributed by atoms with E-state index in [4.69, 9.17) is 13.9 Å². The van der Waals surface area contributed by atoms with Gasteiger partial charge in [0.25, 0.3) is 5.91 Å². The second-order valence-electron chi connectivity index (χ2n) is 4.75. The van der Waals surface area contributed by atoms with E-state index in [2.05, 4.69) is 5.32 Å². The molecule has 0 fully saturated rings. The second kappa shape index (κ2) is 5.93. The monoisotopic (exact) mass is 301 g/mol. The van der Waals surface area contributed by atoms with Crippen LogP contribution in [0.1, 0.15) is 34.3 Å². The molecule has 0 atom stereocenters. The molecule has 1 aromatic heterocycles. The second-order valence-corrected chi connectivity index (χ2v) is 4.75. The number of hydrogen-bond acceptors (Lipinski definition) is 5. The normalized spacial score (nSPS) is 12.8. The standard InChI is InChI=1S/C16H15NO5/c1-2-12(18)10-8-14-15(22-7-6-21-14)9-11(10)17-16(19)13-4-3-5-20-13/h3-5,8-9H,2,6-7H2,1H3,(H,17,19). The summed E-state index contributed by atoms with van der Waals surface area (Å²) in [5, 5.41) is 2.69. The first-order chi connectivity index (χ1) is 10.7. The summed E-state index contributed by atoms with van der Waals surface area (Å²) in [4.78, 5) is 24.2. The Kier molecular flexibility index (Phi) is 3.82. The minimum atomic E-state index is -0.424. The molecule has 3 rings (SSSR count). The number of carbonyl (C=O) groups is 2. The average molecular weight is 301 g/mol. The summed E-state index contributed by atoms with van der Waals surface area (Å²) in [6.45, 7) is 2.63. The van der Waals surface area contributed by atoms with Crippen LogP contribution in [0.5, 0.6) is 11.5 Å². The largest absolute Gasteiger partial charge is 0.486 e.